The van der Waals surface area contributed by atoms with E-state index in [0.717, 1.165) is 5.32 Å². The number of hydrogen-bond donors (Lipinski definition) is 1. The van der Waals surface area contributed by atoms with Gasteiger partial charge in [-0.1, -0.05) is 30.3 Å². The molecule has 0 radical (unpaired) electrons. The molecule has 0 unspecified atom stereocenters. The molecule has 0 heterocycles. The van der Waals surface area contributed by atoms with Crippen LogP contribution < -0.4 is 10.1 Å². The highest BCUT2D eigenvalue weighted by molar-refractivity contribution is 5.78. The molecule has 0 aliphatic carbocycles. The Labute approximate surface area is 119 Å². The molecule has 0 saturated carbocycles. The zero-order chi connectivity index (χ0) is 15.3. The third-order valence-electron chi connectivity index (χ3n) is 2.52. The van der Waals surface area contributed by atoms with E-state index < -0.39 is 12.2 Å². The molecule has 2 rings (SSSR count). The highest BCUT2D eigenvalue weighted by atomic mass is 19.4. The van der Waals surface area contributed by atoms with Crippen LogP contribution in [0.1, 0.15) is 5.56 Å². The highest BCUT2D eigenvalue weighted by Gasteiger charge is 2.29. The summed E-state index contributed by atoms with van der Waals surface area (Å²) in [5, 5.41) is 0.957. The molecule has 0 aliphatic rings. The summed E-state index contributed by atoms with van der Waals surface area (Å²) in [5.74, 6) is -0.0488. The van der Waals surface area contributed by atoms with Crippen molar-refractivity contribution in [2.75, 3.05) is 0 Å². The average molecular weight is 295 g/mol. The van der Waals surface area contributed by atoms with Gasteiger partial charge in [0.15, 0.2) is 0 Å². The quantitative estimate of drug-likeness (QED) is 0.874. The maximum Gasteiger partial charge on any atom is 0.484 e. The van der Waals surface area contributed by atoms with E-state index in [4.69, 9.17) is 4.74 Å². The van der Waals surface area contributed by atoms with E-state index in [2.05, 4.69) is 0 Å². The first kappa shape index (κ1) is 14.9. The number of ether oxygens (including phenoxy) is 1. The Morgan fingerprint density at radius 2 is 1.67 bits per heavy atom. The Morgan fingerprint density at radius 1 is 1.00 bits per heavy atom. The summed E-state index contributed by atoms with van der Waals surface area (Å²) in [6.07, 6.45) is -5.08. The number of carbonyl (C=O) groups is 1. The molecular formula is C15H12F3NO2. The summed E-state index contributed by atoms with van der Waals surface area (Å²) in [5.41, 5.74) is 0.435. The van der Waals surface area contributed by atoms with Crippen molar-refractivity contribution in [1.29, 1.82) is 0 Å². The fourth-order valence-corrected chi connectivity index (χ4v) is 1.73. The van der Waals surface area contributed by atoms with E-state index in [0.29, 0.717) is 17.1 Å². The molecule has 110 valence electrons. The van der Waals surface area contributed by atoms with Crippen molar-refractivity contribution in [2.45, 2.75) is 12.7 Å². The van der Waals surface area contributed by atoms with E-state index in [1.807, 2.05) is 6.07 Å². The lowest BCUT2D eigenvalue weighted by Crippen LogP contribution is -2.38. The Balaban J connectivity index is 2.03. The number of rotatable bonds is 4. The first-order valence-corrected chi connectivity index (χ1v) is 6.12. The summed E-state index contributed by atoms with van der Waals surface area (Å²) >= 11 is 0. The predicted octanol–water partition coefficient (Wildman–Crippen LogP) is 3.66. The van der Waals surface area contributed by atoms with Crippen molar-refractivity contribution in [3.63, 3.8) is 0 Å². The number of benzene rings is 2. The summed E-state index contributed by atoms with van der Waals surface area (Å²) in [4.78, 5) is 11.2. The van der Waals surface area contributed by atoms with Gasteiger partial charge in [0.2, 0.25) is 5.91 Å². The first-order chi connectivity index (χ1) is 9.92. The minimum atomic E-state index is -4.71. The molecule has 2 aromatic carbocycles. The van der Waals surface area contributed by atoms with Crippen LogP contribution in [0.25, 0.3) is 0 Å². The normalized spacial score (nSPS) is 11.0. The number of halogens is 3. The number of para-hydroxylation sites is 1. The SMILES string of the molecule is O=C(Cc1cccc(Oc2ccccc2)c1)NC(F)(F)F. The molecular weight excluding hydrogens is 283 g/mol. The van der Waals surface area contributed by atoms with Crippen LogP contribution in [-0.4, -0.2) is 12.2 Å². The molecule has 0 aliphatic heterocycles. The number of alkyl halides is 3. The number of carbonyl (C=O) groups excluding carboxylic acids is 1. The molecule has 6 heteroatoms. The van der Waals surface area contributed by atoms with Crippen LogP contribution in [0.15, 0.2) is 54.6 Å². The van der Waals surface area contributed by atoms with Crippen molar-refractivity contribution in [1.82, 2.24) is 5.32 Å². The standard InChI is InChI=1S/C15H12F3NO2/c16-15(17,18)19-14(20)10-11-5-4-8-13(9-11)21-12-6-2-1-3-7-12/h1-9H,10H2,(H,19,20). The van der Waals surface area contributed by atoms with Gasteiger partial charge in [-0.15, -0.1) is 0 Å². The van der Waals surface area contributed by atoms with Crippen LogP contribution in [-0.2, 0) is 11.2 Å². The average Bonchev–Trinajstić information content (AvgIpc) is 2.38. The molecule has 0 aromatic heterocycles. The van der Waals surface area contributed by atoms with Gasteiger partial charge in [-0.2, -0.15) is 13.2 Å². The van der Waals surface area contributed by atoms with Crippen LogP contribution in [0.4, 0.5) is 13.2 Å². The van der Waals surface area contributed by atoms with Crippen molar-refractivity contribution in [2.24, 2.45) is 0 Å². The second kappa shape index (κ2) is 6.30. The van der Waals surface area contributed by atoms with E-state index in [1.165, 1.54) is 6.07 Å². The van der Waals surface area contributed by atoms with E-state index in [-0.39, 0.29) is 6.42 Å². The minimum absolute atomic E-state index is 0.370. The van der Waals surface area contributed by atoms with Crippen LogP contribution >= 0.6 is 0 Å². The fourth-order valence-electron chi connectivity index (χ4n) is 1.73. The van der Waals surface area contributed by atoms with Gasteiger partial charge < -0.3 is 4.74 Å². The van der Waals surface area contributed by atoms with Crippen molar-refractivity contribution < 1.29 is 22.7 Å². The summed E-state index contributed by atoms with van der Waals surface area (Å²) in [6, 6.07) is 15.3. The lowest BCUT2D eigenvalue weighted by molar-refractivity contribution is -0.169. The highest BCUT2D eigenvalue weighted by Crippen LogP contribution is 2.22. The number of hydrogen-bond acceptors (Lipinski definition) is 2. The van der Waals surface area contributed by atoms with E-state index in [9.17, 15) is 18.0 Å². The minimum Gasteiger partial charge on any atom is -0.457 e. The molecule has 1 N–H and O–H groups in total. The van der Waals surface area contributed by atoms with Gasteiger partial charge in [0.1, 0.15) is 11.5 Å². The largest absolute Gasteiger partial charge is 0.484 e. The Bertz CT molecular complexity index is 612. The van der Waals surface area contributed by atoms with Gasteiger partial charge in [0, 0.05) is 0 Å². The second-order valence-electron chi connectivity index (χ2n) is 4.29. The predicted molar refractivity (Wildman–Crippen MR) is 70.9 cm³/mol. The van der Waals surface area contributed by atoms with Gasteiger partial charge in [-0.05, 0) is 29.8 Å². The Kier molecular flexibility index (Phi) is 4.47. The number of amides is 1. The van der Waals surface area contributed by atoms with Gasteiger partial charge in [-0.25, -0.2) is 0 Å². The Morgan fingerprint density at radius 3 is 2.33 bits per heavy atom. The molecule has 0 atom stereocenters. The van der Waals surface area contributed by atoms with Crippen LogP contribution in [0.3, 0.4) is 0 Å². The monoisotopic (exact) mass is 295 g/mol. The van der Waals surface area contributed by atoms with Crippen LogP contribution in [0.2, 0.25) is 0 Å². The lowest BCUT2D eigenvalue weighted by atomic mass is 10.1. The lowest BCUT2D eigenvalue weighted by Gasteiger charge is -2.09. The van der Waals surface area contributed by atoms with E-state index in [1.54, 1.807) is 42.5 Å². The summed E-state index contributed by atoms with van der Waals surface area (Å²) in [6.45, 7) is 0. The molecule has 0 spiro atoms. The summed E-state index contributed by atoms with van der Waals surface area (Å²) in [7, 11) is 0. The maximum atomic E-state index is 12.0. The number of nitrogens with one attached hydrogen (secondary N) is 1. The van der Waals surface area contributed by atoms with Crippen LogP contribution in [0, 0.1) is 0 Å². The topological polar surface area (TPSA) is 38.3 Å². The van der Waals surface area contributed by atoms with Gasteiger partial charge >= 0.3 is 6.30 Å². The van der Waals surface area contributed by atoms with Gasteiger partial charge in [0.25, 0.3) is 0 Å². The van der Waals surface area contributed by atoms with Crippen LogP contribution in [0.5, 0.6) is 11.5 Å². The molecule has 2 aromatic rings. The molecule has 1 amide bonds. The molecule has 0 bridgehead atoms. The molecule has 0 saturated heterocycles. The Hall–Kier alpha value is -2.50. The third-order valence-corrected chi connectivity index (χ3v) is 2.52. The molecule has 21 heavy (non-hydrogen) atoms. The second-order valence-corrected chi connectivity index (χ2v) is 4.29. The zero-order valence-electron chi connectivity index (χ0n) is 10.9. The maximum absolute atomic E-state index is 12.0. The van der Waals surface area contributed by atoms with Crippen molar-refractivity contribution >= 4 is 5.91 Å². The smallest absolute Gasteiger partial charge is 0.457 e. The summed E-state index contributed by atoms with van der Waals surface area (Å²) < 4.78 is 41.6. The van der Waals surface area contributed by atoms with Crippen molar-refractivity contribution in [3.05, 3.63) is 60.2 Å². The molecule has 3 nitrogen and oxygen atoms in total. The van der Waals surface area contributed by atoms with Gasteiger partial charge in [-0.3, -0.25) is 10.1 Å². The third kappa shape index (κ3) is 5.18. The van der Waals surface area contributed by atoms with Gasteiger partial charge in [0.05, 0.1) is 6.42 Å². The van der Waals surface area contributed by atoms with Crippen molar-refractivity contribution in [3.8, 4) is 11.5 Å². The molecule has 0 fully saturated rings. The fraction of sp³-hybridized carbons (Fsp3) is 0.133. The van der Waals surface area contributed by atoms with E-state index >= 15 is 0 Å². The zero-order valence-corrected chi connectivity index (χ0v) is 10.9. The first-order valence-electron chi connectivity index (χ1n) is 6.12.